The number of benzene rings is 1. The molecule has 3 atom stereocenters. The number of hydrogen-bond donors (Lipinski definition) is 1. The Kier molecular flexibility index (Phi) is 4.35. The van der Waals surface area contributed by atoms with E-state index in [1.54, 1.807) is 14.0 Å². The van der Waals surface area contributed by atoms with Crippen molar-refractivity contribution in [3.05, 3.63) is 23.8 Å². The molecule has 3 nitrogen and oxygen atoms in total. The van der Waals surface area contributed by atoms with Crippen molar-refractivity contribution < 1.29 is 9.84 Å². The minimum atomic E-state index is -0.516. The number of anilines is 1. The van der Waals surface area contributed by atoms with Crippen LogP contribution in [-0.4, -0.2) is 24.8 Å². The lowest BCUT2D eigenvalue weighted by molar-refractivity contribution is 0.194. The van der Waals surface area contributed by atoms with Crippen molar-refractivity contribution in [2.75, 3.05) is 18.6 Å². The van der Waals surface area contributed by atoms with Crippen LogP contribution in [0.2, 0.25) is 0 Å². The monoisotopic (exact) mass is 263 g/mol. The van der Waals surface area contributed by atoms with Crippen molar-refractivity contribution in [3.63, 3.8) is 0 Å². The summed E-state index contributed by atoms with van der Waals surface area (Å²) in [4.78, 5) is 2.41. The third-order valence-corrected chi connectivity index (χ3v) is 4.13. The van der Waals surface area contributed by atoms with Crippen molar-refractivity contribution in [1.82, 2.24) is 0 Å². The van der Waals surface area contributed by atoms with Crippen LogP contribution in [0, 0.1) is 5.92 Å². The van der Waals surface area contributed by atoms with Gasteiger partial charge in [0.25, 0.3) is 0 Å². The second-order valence-corrected chi connectivity index (χ2v) is 5.74. The van der Waals surface area contributed by atoms with Gasteiger partial charge in [0.15, 0.2) is 0 Å². The van der Waals surface area contributed by atoms with Crippen molar-refractivity contribution in [3.8, 4) is 5.75 Å². The zero-order valence-electron chi connectivity index (χ0n) is 12.4. The van der Waals surface area contributed by atoms with Crippen molar-refractivity contribution in [1.29, 1.82) is 0 Å². The molecule has 106 valence electrons. The van der Waals surface area contributed by atoms with Crippen molar-refractivity contribution in [2.45, 2.75) is 45.8 Å². The van der Waals surface area contributed by atoms with Gasteiger partial charge in [0, 0.05) is 23.8 Å². The summed E-state index contributed by atoms with van der Waals surface area (Å²) < 4.78 is 5.41. The molecule has 1 aliphatic rings. The Balaban J connectivity index is 2.38. The van der Waals surface area contributed by atoms with E-state index in [0.717, 1.165) is 29.5 Å². The Morgan fingerprint density at radius 2 is 2.11 bits per heavy atom. The largest absolute Gasteiger partial charge is 0.496 e. The number of aliphatic hydroxyl groups excluding tert-OH is 1. The molecule has 0 aliphatic carbocycles. The zero-order valence-corrected chi connectivity index (χ0v) is 12.4. The first-order valence-electron chi connectivity index (χ1n) is 7.16. The van der Waals surface area contributed by atoms with Crippen LogP contribution in [0.4, 0.5) is 5.69 Å². The molecule has 1 N–H and O–H groups in total. The van der Waals surface area contributed by atoms with E-state index in [2.05, 4.69) is 24.8 Å². The number of rotatable bonds is 3. The van der Waals surface area contributed by atoms with E-state index in [1.165, 1.54) is 12.8 Å². The van der Waals surface area contributed by atoms with Crippen LogP contribution < -0.4 is 9.64 Å². The fraction of sp³-hybridized carbons (Fsp3) is 0.625. The van der Waals surface area contributed by atoms with Gasteiger partial charge in [-0.15, -0.1) is 0 Å². The van der Waals surface area contributed by atoms with Crippen LogP contribution in [0.3, 0.4) is 0 Å². The quantitative estimate of drug-likeness (QED) is 0.907. The van der Waals surface area contributed by atoms with Crippen LogP contribution in [0.1, 0.15) is 45.3 Å². The van der Waals surface area contributed by atoms with Gasteiger partial charge in [0.05, 0.1) is 13.2 Å². The van der Waals surface area contributed by atoms with Gasteiger partial charge in [0.2, 0.25) is 0 Å². The average Bonchev–Trinajstić information content (AvgIpc) is 2.37. The van der Waals surface area contributed by atoms with Gasteiger partial charge in [-0.2, -0.15) is 0 Å². The second kappa shape index (κ2) is 5.83. The van der Waals surface area contributed by atoms with Crippen LogP contribution in [0.15, 0.2) is 18.2 Å². The maximum absolute atomic E-state index is 10.1. The predicted octanol–water partition coefficient (Wildman–Crippen LogP) is 3.37. The summed E-state index contributed by atoms with van der Waals surface area (Å²) in [6.45, 7) is 7.43. The summed E-state index contributed by atoms with van der Waals surface area (Å²) in [6, 6.07) is 6.53. The standard InChI is InChI=1S/C16H25NO2/c1-11-8-9-17(12(2)10-11)14-6-5-7-15(19-4)16(14)13(3)18/h5-7,11-13,18H,8-10H2,1-4H3. The molecule has 0 spiro atoms. The van der Waals surface area contributed by atoms with E-state index in [1.807, 2.05) is 12.1 Å². The van der Waals surface area contributed by atoms with Gasteiger partial charge in [0.1, 0.15) is 5.75 Å². The lowest BCUT2D eigenvalue weighted by atomic mass is 9.92. The molecule has 1 aromatic rings. The van der Waals surface area contributed by atoms with E-state index in [9.17, 15) is 5.11 Å². The summed E-state index contributed by atoms with van der Waals surface area (Å²) in [7, 11) is 1.66. The SMILES string of the molecule is COc1cccc(N2CCC(C)CC2C)c1C(C)O. The van der Waals surface area contributed by atoms with Gasteiger partial charge in [-0.25, -0.2) is 0 Å². The molecule has 1 aromatic carbocycles. The first kappa shape index (κ1) is 14.2. The average molecular weight is 263 g/mol. The van der Waals surface area contributed by atoms with Gasteiger partial charge >= 0.3 is 0 Å². The highest BCUT2D eigenvalue weighted by Crippen LogP contribution is 2.37. The topological polar surface area (TPSA) is 32.7 Å². The summed E-state index contributed by atoms with van der Waals surface area (Å²) in [5.41, 5.74) is 2.03. The molecule has 1 aliphatic heterocycles. The molecule has 3 heteroatoms. The molecule has 0 radical (unpaired) electrons. The number of hydrogen-bond acceptors (Lipinski definition) is 3. The Morgan fingerprint density at radius 1 is 1.37 bits per heavy atom. The molecule has 19 heavy (non-hydrogen) atoms. The Hall–Kier alpha value is -1.22. The maximum Gasteiger partial charge on any atom is 0.126 e. The minimum Gasteiger partial charge on any atom is -0.496 e. The number of piperidine rings is 1. The van der Waals surface area contributed by atoms with E-state index >= 15 is 0 Å². The third kappa shape index (κ3) is 2.86. The Labute approximate surface area is 116 Å². The van der Waals surface area contributed by atoms with E-state index in [4.69, 9.17) is 4.74 Å². The van der Waals surface area contributed by atoms with Crippen molar-refractivity contribution >= 4 is 5.69 Å². The summed E-state index contributed by atoms with van der Waals surface area (Å²) in [6.07, 6.45) is 1.90. The highest BCUT2D eigenvalue weighted by Gasteiger charge is 2.26. The first-order valence-corrected chi connectivity index (χ1v) is 7.16. The van der Waals surface area contributed by atoms with E-state index in [0.29, 0.717) is 6.04 Å². The van der Waals surface area contributed by atoms with Gasteiger partial charge < -0.3 is 14.7 Å². The minimum absolute atomic E-state index is 0.508. The second-order valence-electron chi connectivity index (χ2n) is 5.74. The zero-order chi connectivity index (χ0) is 14.0. The summed E-state index contributed by atoms with van der Waals surface area (Å²) in [5.74, 6) is 1.56. The van der Waals surface area contributed by atoms with Gasteiger partial charge in [-0.3, -0.25) is 0 Å². The lowest BCUT2D eigenvalue weighted by Crippen LogP contribution is -2.40. The molecule has 0 saturated carbocycles. The smallest absolute Gasteiger partial charge is 0.126 e. The molecule has 2 rings (SSSR count). The highest BCUT2D eigenvalue weighted by atomic mass is 16.5. The Bertz CT molecular complexity index is 431. The molecule has 1 saturated heterocycles. The number of nitrogens with zero attached hydrogens (tertiary/aromatic N) is 1. The van der Waals surface area contributed by atoms with Crippen molar-refractivity contribution in [2.24, 2.45) is 5.92 Å². The molecular formula is C16H25NO2. The molecule has 1 heterocycles. The summed E-state index contributed by atoms with van der Waals surface area (Å²) >= 11 is 0. The fourth-order valence-corrected chi connectivity index (χ4v) is 3.15. The first-order chi connectivity index (χ1) is 9.04. The lowest BCUT2D eigenvalue weighted by Gasteiger charge is -2.39. The van der Waals surface area contributed by atoms with Gasteiger partial charge in [-0.1, -0.05) is 13.0 Å². The predicted molar refractivity (Wildman–Crippen MR) is 78.8 cm³/mol. The maximum atomic E-state index is 10.1. The fourth-order valence-electron chi connectivity index (χ4n) is 3.15. The molecule has 0 amide bonds. The van der Waals surface area contributed by atoms with Crippen LogP contribution >= 0.6 is 0 Å². The van der Waals surface area contributed by atoms with E-state index < -0.39 is 6.10 Å². The summed E-state index contributed by atoms with van der Waals surface area (Å²) in [5, 5.41) is 10.1. The van der Waals surface area contributed by atoms with Gasteiger partial charge in [-0.05, 0) is 44.7 Å². The Morgan fingerprint density at radius 3 is 2.68 bits per heavy atom. The number of aliphatic hydroxyl groups is 1. The highest BCUT2D eigenvalue weighted by molar-refractivity contribution is 5.61. The van der Waals surface area contributed by atoms with Crippen LogP contribution in [0.25, 0.3) is 0 Å². The molecular weight excluding hydrogens is 238 g/mol. The van der Waals surface area contributed by atoms with Crippen LogP contribution in [0.5, 0.6) is 5.75 Å². The molecule has 1 fully saturated rings. The van der Waals surface area contributed by atoms with E-state index in [-0.39, 0.29) is 0 Å². The molecule has 3 unspecified atom stereocenters. The molecule has 0 bridgehead atoms. The molecule has 0 aromatic heterocycles. The van der Waals surface area contributed by atoms with Crippen LogP contribution in [-0.2, 0) is 0 Å². The number of ether oxygens (including phenoxy) is 1. The third-order valence-electron chi connectivity index (χ3n) is 4.13. The number of methoxy groups -OCH3 is 1. The normalized spacial score (nSPS) is 25.2.